The minimum absolute atomic E-state index is 0.147. The predicted octanol–water partition coefficient (Wildman–Crippen LogP) is 4.06. The molecule has 0 spiro atoms. The van der Waals surface area contributed by atoms with Crippen molar-refractivity contribution < 1.29 is 4.79 Å². The van der Waals surface area contributed by atoms with Crippen molar-refractivity contribution >= 4 is 23.2 Å². The average molecular weight is 266 g/mol. The van der Waals surface area contributed by atoms with Gasteiger partial charge in [0.1, 0.15) is 0 Å². The van der Waals surface area contributed by atoms with Crippen LogP contribution in [0.4, 0.5) is 5.69 Å². The molecular formula is C15H20ClNO. The molecule has 1 aliphatic carbocycles. The maximum Gasteiger partial charge on any atom is 0.227 e. The number of benzene rings is 1. The van der Waals surface area contributed by atoms with E-state index in [1.807, 2.05) is 12.1 Å². The maximum absolute atomic E-state index is 12.1. The second-order valence-corrected chi connectivity index (χ2v) is 5.48. The molecule has 2 nitrogen and oxygen atoms in total. The zero-order chi connectivity index (χ0) is 13.3. The third-order valence-electron chi connectivity index (χ3n) is 3.77. The Kier molecular flexibility index (Phi) is 3.96. The van der Waals surface area contributed by atoms with Gasteiger partial charge in [0.2, 0.25) is 5.91 Å². The Morgan fingerprint density at radius 2 is 2.06 bits per heavy atom. The van der Waals surface area contributed by atoms with Gasteiger partial charge in [-0.15, -0.1) is 0 Å². The molecule has 0 radical (unpaired) electrons. The summed E-state index contributed by atoms with van der Waals surface area (Å²) in [4.78, 5) is 12.1. The summed E-state index contributed by atoms with van der Waals surface area (Å²) in [5.74, 6) is 0.867. The summed E-state index contributed by atoms with van der Waals surface area (Å²) in [6, 6.07) is 3.93. The molecule has 1 aromatic rings. The van der Waals surface area contributed by atoms with Crippen molar-refractivity contribution in [3.05, 3.63) is 28.3 Å². The maximum atomic E-state index is 12.1. The van der Waals surface area contributed by atoms with E-state index in [0.717, 1.165) is 41.1 Å². The zero-order valence-electron chi connectivity index (χ0n) is 11.2. The number of carbonyl (C=O) groups is 1. The number of aryl methyl sites for hydroxylation is 1. The Hall–Kier alpha value is -1.02. The van der Waals surface area contributed by atoms with Gasteiger partial charge in [0, 0.05) is 16.6 Å². The van der Waals surface area contributed by atoms with E-state index >= 15 is 0 Å². The predicted molar refractivity (Wildman–Crippen MR) is 76.1 cm³/mol. The first-order valence-corrected chi connectivity index (χ1v) is 7.07. The highest BCUT2D eigenvalue weighted by Gasteiger charge is 2.39. The molecule has 1 amide bonds. The number of hydrogen-bond acceptors (Lipinski definition) is 1. The first-order chi connectivity index (χ1) is 8.58. The van der Waals surface area contributed by atoms with Gasteiger partial charge >= 0.3 is 0 Å². The van der Waals surface area contributed by atoms with Crippen LogP contribution in [0.5, 0.6) is 0 Å². The SMILES string of the molecule is CCc1ccc(Cl)c(CC)c1NC(=O)[C@@H]1C[C@H]1C. The van der Waals surface area contributed by atoms with Gasteiger partial charge in [-0.1, -0.05) is 38.4 Å². The van der Waals surface area contributed by atoms with Crippen LogP contribution in [0.15, 0.2) is 12.1 Å². The van der Waals surface area contributed by atoms with Crippen LogP contribution in [0.3, 0.4) is 0 Å². The lowest BCUT2D eigenvalue weighted by Gasteiger charge is -2.15. The van der Waals surface area contributed by atoms with Crippen molar-refractivity contribution in [1.82, 2.24) is 0 Å². The summed E-state index contributed by atoms with van der Waals surface area (Å²) < 4.78 is 0. The van der Waals surface area contributed by atoms with E-state index in [1.165, 1.54) is 0 Å². The van der Waals surface area contributed by atoms with Gasteiger partial charge in [-0.25, -0.2) is 0 Å². The molecule has 1 saturated carbocycles. The van der Waals surface area contributed by atoms with E-state index in [2.05, 4.69) is 26.1 Å². The fraction of sp³-hybridized carbons (Fsp3) is 0.533. The second-order valence-electron chi connectivity index (χ2n) is 5.08. The second kappa shape index (κ2) is 5.31. The lowest BCUT2D eigenvalue weighted by Crippen LogP contribution is -2.17. The van der Waals surface area contributed by atoms with Gasteiger partial charge < -0.3 is 5.32 Å². The minimum atomic E-state index is 0.147. The Balaban J connectivity index is 2.29. The molecule has 3 heteroatoms. The molecule has 0 heterocycles. The van der Waals surface area contributed by atoms with Crippen LogP contribution in [0.2, 0.25) is 5.02 Å². The third kappa shape index (κ3) is 2.54. The van der Waals surface area contributed by atoms with E-state index in [9.17, 15) is 4.79 Å². The minimum Gasteiger partial charge on any atom is -0.325 e. The van der Waals surface area contributed by atoms with Crippen LogP contribution in [0, 0.1) is 11.8 Å². The van der Waals surface area contributed by atoms with Crippen molar-refractivity contribution in [3.63, 3.8) is 0 Å². The molecule has 0 aliphatic heterocycles. The molecule has 2 rings (SSSR count). The molecule has 1 N–H and O–H groups in total. The van der Waals surface area contributed by atoms with Crippen LogP contribution in [0.1, 0.15) is 38.3 Å². The number of halogens is 1. The standard InChI is InChI=1S/C15H20ClNO/c1-4-10-6-7-13(16)11(5-2)14(10)17-15(18)12-8-9(12)3/h6-7,9,12H,4-5,8H2,1-3H3,(H,17,18)/t9-,12-/m1/s1. The van der Waals surface area contributed by atoms with Gasteiger partial charge in [0.05, 0.1) is 0 Å². The van der Waals surface area contributed by atoms with Crippen LogP contribution in [-0.4, -0.2) is 5.91 Å². The number of anilines is 1. The highest BCUT2D eigenvalue weighted by atomic mass is 35.5. The van der Waals surface area contributed by atoms with Gasteiger partial charge in [-0.2, -0.15) is 0 Å². The molecule has 0 unspecified atom stereocenters. The highest BCUT2D eigenvalue weighted by Crippen LogP contribution is 2.39. The number of hydrogen-bond donors (Lipinski definition) is 1. The Morgan fingerprint density at radius 3 is 2.56 bits per heavy atom. The van der Waals surface area contributed by atoms with Crippen molar-refractivity contribution in [2.45, 2.75) is 40.0 Å². The van der Waals surface area contributed by atoms with Crippen molar-refractivity contribution in [2.75, 3.05) is 5.32 Å². The van der Waals surface area contributed by atoms with E-state index < -0.39 is 0 Å². The number of amides is 1. The Labute approximate surface area is 114 Å². The van der Waals surface area contributed by atoms with Crippen LogP contribution in [-0.2, 0) is 17.6 Å². The lowest BCUT2D eigenvalue weighted by atomic mass is 10.0. The molecule has 2 atom stereocenters. The fourth-order valence-corrected chi connectivity index (χ4v) is 2.66. The topological polar surface area (TPSA) is 29.1 Å². The summed E-state index contributed by atoms with van der Waals surface area (Å²) in [5.41, 5.74) is 3.16. The summed E-state index contributed by atoms with van der Waals surface area (Å²) in [6.45, 7) is 6.28. The molecule has 0 bridgehead atoms. The van der Waals surface area contributed by atoms with E-state index in [4.69, 9.17) is 11.6 Å². The first-order valence-electron chi connectivity index (χ1n) is 6.69. The highest BCUT2D eigenvalue weighted by molar-refractivity contribution is 6.32. The number of nitrogens with one attached hydrogen (secondary N) is 1. The Bertz CT molecular complexity index is 470. The molecule has 98 valence electrons. The molecule has 1 fully saturated rings. The van der Waals surface area contributed by atoms with Crippen LogP contribution < -0.4 is 5.32 Å². The molecular weight excluding hydrogens is 246 g/mol. The average Bonchev–Trinajstić information content (AvgIpc) is 3.07. The summed E-state index contributed by atoms with van der Waals surface area (Å²) in [5, 5.41) is 3.84. The van der Waals surface area contributed by atoms with Crippen LogP contribution in [0.25, 0.3) is 0 Å². The molecule has 0 aromatic heterocycles. The lowest BCUT2D eigenvalue weighted by molar-refractivity contribution is -0.117. The Morgan fingerprint density at radius 1 is 1.39 bits per heavy atom. The number of carbonyl (C=O) groups excluding carboxylic acids is 1. The molecule has 1 aliphatic rings. The van der Waals surface area contributed by atoms with E-state index in [0.29, 0.717) is 5.92 Å². The first kappa shape index (κ1) is 13.4. The molecule has 1 aromatic carbocycles. The smallest absolute Gasteiger partial charge is 0.227 e. The van der Waals surface area contributed by atoms with Gasteiger partial charge in [0.15, 0.2) is 0 Å². The third-order valence-corrected chi connectivity index (χ3v) is 4.13. The molecule has 0 saturated heterocycles. The number of rotatable bonds is 4. The zero-order valence-corrected chi connectivity index (χ0v) is 12.0. The summed E-state index contributed by atoms with van der Waals surface area (Å²) in [6.07, 6.45) is 2.75. The van der Waals surface area contributed by atoms with Gasteiger partial charge in [-0.3, -0.25) is 4.79 Å². The normalized spacial score (nSPS) is 21.8. The van der Waals surface area contributed by atoms with Gasteiger partial charge in [-0.05, 0) is 42.4 Å². The van der Waals surface area contributed by atoms with Crippen molar-refractivity contribution in [3.8, 4) is 0 Å². The fourth-order valence-electron chi connectivity index (χ4n) is 2.37. The van der Waals surface area contributed by atoms with E-state index in [-0.39, 0.29) is 11.8 Å². The largest absolute Gasteiger partial charge is 0.325 e. The monoisotopic (exact) mass is 265 g/mol. The van der Waals surface area contributed by atoms with E-state index in [1.54, 1.807) is 0 Å². The van der Waals surface area contributed by atoms with Crippen molar-refractivity contribution in [1.29, 1.82) is 0 Å². The summed E-state index contributed by atoms with van der Waals surface area (Å²) in [7, 11) is 0. The van der Waals surface area contributed by atoms with Crippen molar-refractivity contribution in [2.24, 2.45) is 11.8 Å². The quantitative estimate of drug-likeness (QED) is 0.874. The summed E-state index contributed by atoms with van der Waals surface area (Å²) >= 11 is 6.21. The molecule has 18 heavy (non-hydrogen) atoms. The van der Waals surface area contributed by atoms with Gasteiger partial charge in [0.25, 0.3) is 0 Å². The van der Waals surface area contributed by atoms with Crippen LogP contribution >= 0.6 is 11.6 Å².